The molecular formula is C18H19N3O5. The standard InChI is InChI=1S/C18H19N3O5/c1-23-11-5-6-12-13(9-11)19-20-17(12)16(21-22)10-7-14(24-2)18(26-4)15(8-10)25-3/h5-9,16H,1-4H3,(H,19,20). The number of methoxy groups -OCH3 is 4. The first-order chi connectivity index (χ1) is 12.7. The van der Waals surface area contributed by atoms with Crippen LogP contribution < -0.4 is 18.9 Å². The molecule has 0 aliphatic carbocycles. The third kappa shape index (κ3) is 2.90. The highest BCUT2D eigenvalue weighted by molar-refractivity contribution is 5.83. The van der Waals surface area contributed by atoms with Crippen molar-refractivity contribution in [3.8, 4) is 23.0 Å². The molecule has 8 heteroatoms. The average Bonchev–Trinajstić information content (AvgIpc) is 3.10. The average molecular weight is 357 g/mol. The number of hydrogen-bond acceptors (Lipinski definition) is 7. The number of aromatic nitrogens is 2. The molecule has 136 valence electrons. The normalized spacial score (nSPS) is 11.8. The van der Waals surface area contributed by atoms with Crippen LogP contribution >= 0.6 is 0 Å². The van der Waals surface area contributed by atoms with Gasteiger partial charge >= 0.3 is 0 Å². The Hall–Kier alpha value is -3.29. The maximum Gasteiger partial charge on any atom is 0.203 e. The van der Waals surface area contributed by atoms with E-state index in [0.717, 1.165) is 5.39 Å². The van der Waals surface area contributed by atoms with Crippen LogP contribution in [0.2, 0.25) is 0 Å². The van der Waals surface area contributed by atoms with Crippen molar-refractivity contribution in [3.63, 3.8) is 0 Å². The summed E-state index contributed by atoms with van der Waals surface area (Å²) in [6.45, 7) is 0. The van der Waals surface area contributed by atoms with Crippen LogP contribution in [0.4, 0.5) is 0 Å². The third-order valence-corrected chi connectivity index (χ3v) is 4.17. The molecule has 0 bridgehead atoms. The summed E-state index contributed by atoms with van der Waals surface area (Å²) in [6.07, 6.45) is 0. The highest BCUT2D eigenvalue weighted by Crippen LogP contribution is 2.42. The van der Waals surface area contributed by atoms with Gasteiger partial charge in [0.25, 0.3) is 0 Å². The van der Waals surface area contributed by atoms with Crippen molar-refractivity contribution in [2.75, 3.05) is 28.4 Å². The minimum Gasteiger partial charge on any atom is -0.497 e. The number of rotatable bonds is 7. The fourth-order valence-corrected chi connectivity index (χ4v) is 2.89. The molecule has 0 saturated heterocycles. The highest BCUT2D eigenvalue weighted by Gasteiger charge is 2.24. The van der Waals surface area contributed by atoms with Crippen molar-refractivity contribution in [2.24, 2.45) is 5.18 Å². The van der Waals surface area contributed by atoms with Gasteiger partial charge < -0.3 is 18.9 Å². The lowest BCUT2D eigenvalue weighted by molar-refractivity contribution is 0.323. The number of fused-ring (bicyclic) bond motifs is 1. The first-order valence-electron chi connectivity index (χ1n) is 7.81. The quantitative estimate of drug-likeness (QED) is 0.651. The minimum absolute atomic E-state index is 0.445. The number of ether oxygens (including phenoxy) is 4. The van der Waals surface area contributed by atoms with Gasteiger partial charge in [-0.2, -0.15) is 5.10 Å². The van der Waals surface area contributed by atoms with E-state index in [1.165, 1.54) is 21.3 Å². The molecule has 0 saturated carbocycles. The van der Waals surface area contributed by atoms with Crippen LogP contribution in [-0.4, -0.2) is 38.6 Å². The van der Waals surface area contributed by atoms with E-state index < -0.39 is 6.04 Å². The Kier molecular flexibility index (Phi) is 4.92. The van der Waals surface area contributed by atoms with Crippen LogP contribution in [0.1, 0.15) is 17.3 Å². The van der Waals surface area contributed by atoms with Crippen molar-refractivity contribution in [1.82, 2.24) is 10.2 Å². The Balaban J connectivity index is 2.14. The van der Waals surface area contributed by atoms with E-state index in [9.17, 15) is 4.91 Å². The zero-order chi connectivity index (χ0) is 18.7. The summed E-state index contributed by atoms with van der Waals surface area (Å²) in [5.41, 5.74) is 1.85. The molecule has 0 spiro atoms. The van der Waals surface area contributed by atoms with Gasteiger partial charge in [-0.25, -0.2) is 0 Å². The van der Waals surface area contributed by atoms with Crippen LogP contribution in [0.25, 0.3) is 10.9 Å². The number of nitroso groups, excluding NO2 is 1. The Morgan fingerprint density at radius 2 is 1.65 bits per heavy atom. The number of H-pyrrole nitrogens is 1. The molecule has 8 nitrogen and oxygen atoms in total. The monoisotopic (exact) mass is 357 g/mol. The van der Waals surface area contributed by atoms with E-state index in [-0.39, 0.29) is 0 Å². The predicted octanol–water partition coefficient (Wildman–Crippen LogP) is 3.45. The van der Waals surface area contributed by atoms with Crippen molar-refractivity contribution in [3.05, 3.63) is 46.5 Å². The van der Waals surface area contributed by atoms with Gasteiger partial charge in [0.2, 0.25) is 5.75 Å². The fourth-order valence-electron chi connectivity index (χ4n) is 2.89. The van der Waals surface area contributed by atoms with Gasteiger partial charge in [-0.3, -0.25) is 5.10 Å². The second-order valence-corrected chi connectivity index (χ2v) is 5.49. The molecule has 0 fully saturated rings. The van der Waals surface area contributed by atoms with E-state index in [1.54, 1.807) is 31.4 Å². The Morgan fingerprint density at radius 3 is 2.19 bits per heavy atom. The van der Waals surface area contributed by atoms with Gasteiger partial charge in [0.05, 0.1) is 39.6 Å². The summed E-state index contributed by atoms with van der Waals surface area (Å²) in [6, 6.07) is 8.00. The summed E-state index contributed by atoms with van der Waals surface area (Å²) in [7, 11) is 6.14. The molecule has 0 amide bonds. The molecule has 1 unspecified atom stereocenters. The number of hydrogen-bond donors (Lipinski definition) is 1. The summed E-state index contributed by atoms with van der Waals surface area (Å²) in [4.78, 5) is 11.7. The Labute approximate surface area is 150 Å². The summed E-state index contributed by atoms with van der Waals surface area (Å²) in [5, 5.41) is 11.2. The molecule has 1 heterocycles. The second kappa shape index (κ2) is 7.30. The topological polar surface area (TPSA) is 95.0 Å². The lowest BCUT2D eigenvalue weighted by atomic mass is 10.0. The number of aromatic amines is 1. The molecule has 3 aromatic rings. The zero-order valence-corrected chi connectivity index (χ0v) is 14.9. The van der Waals surface area contributed by atoms with Gasteiger partial charge in [-0.15, -0.1) is 4.91 Å². The zero-order valence-electron chi connectivity index (χ0n) is 14.9. The third-order valence-electron chi connectivity index (χ3n) is 4.17. The molecule has 1 atom stereocenters. The summed E-state index contributed by atoms with van der Waals surface area (Å²) in [5.74, 6) is 2.02. The maximum absolute atomic E-state index is 11.7. The van der Waals surface area contributed by atoms with E-state index in [0.29, 0.717) is 39.8 Å². The van der Waals surface area contributed by atoms with Crippen LogP contribution in [0, 0.1) is 4.91 Å². The van der Waals surface area contributed by atoms with Gasteiger partial charge in [-0.05, 0) is 29.8 Å². The fraction of sp³-hybridized carbons (Fsp3) is 0.278. The van der Waals surface area contributed by atoms with E-state index in [2.05, 4.69) is 15.4 Å². The maximum atomic E-state index is 11.7. The second-order valence-electron chi connectivity index (χ2n) is 5.49. The van der Waals surface area contributed by atoms with Crippen LogP contribution in [0.3, 0.4) is 0 Å². The molecule has 26 heavy (non-hydrogen) atoms. The van der Waals surface area contributed by atoms with E-state index >= 15 is 0 Å². The smallest absolute Gasteiger partial charge is 0.203 e. The molecule has 1 N–H and O–H groups in total. The van der Waals surface area contributed by atoms with Crippen LogP contribution in [-0.2, 0) is 0 Å². The number of nitrogens with one attached hydrogen (secondary N) is 1. The Morgan fingerprint density at radius 1 is 0.962 bits per heavy atom. The summed E-state index contributed by atoms with van der Waals surface area (Å²) >= 11 is 0. The van der Waals surface area contributed by atoms with E-state index in [4.69, 9.17) is 18.9 Å². The lowest BCUT2D eigenvalue weighted by Crippen LogP contribution is -2.02. The van der Waals surface area contributed by atoms with Gasteiger partial charge in [0.15, 0.2) is 17.5 Å². The van der Waals surface area contributed by atoms with Gasteiger partial charge in [-0.1, -0.05) is 5.18 Å². The Bertz CT molecular complexity index is 913. The lowest BCUT2D eigenvalue weighted by Gasteiger charge is -2.16. The summed E-state index contributed by atoms with van der Waals surface area (Å²) < 4.78 is 21.2. The van der Waals surface area contributed by atoms with Crippen molar-refractivity contribution in [1.29, 1.82) is 0 Å². The number of benzene rings is 2. The van der Waals surface area contributed by atoms with Gasteiger partial charge in [0.1, 0.15) is 5.75 Å². The van der Waals surface area contributed by atoms with Crippen molar-refractivity contribution < 1.29 is 18.9 Å². The van der Waals surface area contributed by atoms with Crippen molar-refractivity contribution >= 4 is 10.9 Å². The largest absolute Gasteiger partial charge is 0.497 e. The van der Waals surface area contributed by atoms with Crippen molar-refractivity contribution in [2.45, 2.75) is 6.04 Å². The molecule has 0 aliphatic rings. The first kappa shape index (κ1) is 17.5. The predicted molar refractivity (Wildman–Crippen MR) is 96.4 cm³/mol. The minimum atomic E-state index is -0.817. The number of nitrogens with zero attached hydrogens (tertiary/aromatic N) is 2. The SMILES string of the molecule is COc1ccc2c(C(N=O)c3cc(OC)c(OC)c(OC)c3)[nH]nc2c1. The van der Waals surface area contributed by atoms with E-state index in [1.807, 2.05) is 6.07 Å². The molecule has 0 radical (unpaired) electrons. The molecule has 0 aliphatic heterocycles. The molecule has 1 aromatic heterocycles. The van der Waals surface area contributed by atoms with Gasteiger partial charge in [0, 0.05) is 11.5 Å². The first-order valence-corrected chi connectivity index (χ1v) is 7.81. The molecule has 2 aromatic carbocycles. The van der Waals surface area contributed by atoms with Crippen LogP contribution in [0.5, 0.6) is 23.0 Å². The highest BCUT2D eigenvalue weighted by atomic mass is 16.5. The molecule has 3 rings (SSSR count). The molecular weight excluding hydrogens is 338 g/mol. The van der Waals surface area contributed by atoms with Crippen LogP contribution in [0.15, 0.2) is 35.5 Å².